The third-order valence-corrected chi connectivity index (χ3v) is 4.35. The second-order valence-corrected chi connectivity index (χ2v) is 5.83. The summed E-state index contributed by atoms with van der Waals surface area (Å²) in [5.41, 5.74) is 1.81. The van der Waals surface area contributed by atoms with E-state index >= 15 is 0 Å². The van der Waals surface area contributed by atoms with Gasteiger partial charge in [0, 0.05) is 17.2 Å². The van der Waals surface area contributed by atoms with Crippen LogP contribution < -0.4 is 0 Å². The molecule has 0 aliphatic rings. The smallest absolute Gasteiger partial charge is 0.195 e. The van der Waals surface area contributed by atoms with Gasteiger partial charge in [0.2, 0.25) is 0 Å². The second-order valence-electron chi connectivity index (χ2n) is 5.04. The van der Waals surface area contributed by atoms with Gasteiger partial charge in [-0.1, -0.05) is 60.7 Å². The van der Waals surface area contributed by atoms with Crippen LogP contribution in [0.1, 0.15) is 15.9 Å². The average Bonchev–Trinajstić information content (AvgIpc) is 2.59. The zero-order valence-electron chi connectivity index (χ0n) is 12.0. The van der Waals surface area contributed by atoms with E-state index in [2.05, 4.69) is 15.9 Å². The molecule has 0 saturated carbocycles. The van der Waals surface area contributed by atoms with Crippen LogP contribution in [0.15, 0.2) is 71.2 Å². The molecule has 0 fully saturated rings. The Morgan fingerprint density at radius 3 is 2.00 bits per heavy atom. The molecule has 0 aliphatic heterocycles. The SMILES string of the molecule is O=C(c1ccccc1)c1c(Br)c(O)cc(O)c1-c1ccccc1. The number of halogens is 1. The standard InChI is InChI=1S/C19H13BrO3/c20-18-15(22)11-14(21)16(12-7-3-1-4-8-12)17(18)19(23)13-9-5-2-6-10-13/h1-11,21-22H. The maximum atomic E-state index is 12.9. The van der Waals surface area contributed by atoms with Crippen LogP contribution in [0.2, 0.25) is 0 Å². The van der Waals surface area contributed by atoms with Gasteiger partial charge in [-0.3, -0.25) is 4.79 Å². The molecule has 0 aromatic heterocycles. The van der Waals surface area contributed by atoms with E-state index in [4.69, 9.17) is 0 Å². The van der Waals surface area contributed by atoms with Crippen LogP contribution in [0.5, 0.6) is 11.5 Å². The summed E-state index contributed by atoms with van der Waals surface area (Å²) in [6, 6.07) is 19.1. The Morgan fingerprint density at radius 1 is 0.826 bits per heavy atom. The average molecular weight is 369 g/mol. The van der Waals surface area contributed by atoms with Crippen molar-refractivity contribution in [3.05, 3.63) is 82.3 Å². The summed E-state index contributed by atoms with van der Waals surface area (Å²) in [7, 11) is 0. The molecule has 0 aliphatic carbocycles. The Morgan fingerprint density at radius 2 is 1.39 bits per heavy atom. The van der Waals surface area contributed by atoms with E-state index < -0.39 is 0 Å². The van der Waals surface area contributed by atoms with Crippen molar-refractivity contribution in [2.75, 3.05) is 0 Å². The molecule has 0 atom stereocenters. The zero-order valence-corrected chi connectivity index (χ0v) is 13.6. The zero-order chi connectivity index (χ0) is 16.4. The van der Waals surface area contributed by atoms with Gasteiger partial charge in [-0.2, -0.15) is 0 Å². The molecule has 3 aromatic carbocycles. The number of carbonyl (C=O) groups excluding carboxylic acids is 1. The van der Waals surface area contributed by atoms with E-state index in [1.807, 2.05) is 24.3 Å². The van der Waals surface area contributed by atoms with Crippen molar-refractivity contribution in [2.45, 2.75) is 0 Å². The Balaban J connectivity index is 2.29. The van der Waals surface area contributed by atoms with E-state index in [1.165, 1.54) is 6.07 Å². The lowest BCUT2D eigenvalue weighted by Gasteiger charge is -2.14. The molecule has 0 heterocycles. The lowest BCUT2D eigenvalue weighted by molar-refractivity contribution is 0.103. The topological polar surface area (TPSA) is 57.5 Å². The minimum absolute atomic E-state index is 0.142. The minimum Gasteiger partial charge on any atom is -0.507 e. The Bertz CT molecular complexity index is 859. The van der Waals surface area contributed by atoms with Crippen LogP contribution in [0, 0.1) is 0 Å². The highest BCUT2D eigenvalue weighted by Gasteiger charge is 2.23. The fourth-order valence-corrected chi connectivity index (χ4v) is 2.97. The summed E-state index contributed by atoms with van der Waals surface area (Å²) < 4.78 is 0.267. The number of ketones is 1. The number of phenols is 2. The Kier molecular flexibility index (Phi) is 4.17. The van der Waals surface area contributed by atoms with Crippen molar-refractivity contribution >= 4 is 21.7 Å². The molecule has 114 valence electrons. The van der Waals surface area contributed by atoms with Crippen molar-refractivity contribution in [1.29, 1.82) is 0 Å². The molecule has 0 bridgehead atoms. The molecule has 0 amide bonds. The monoisotopic (exact) mass is 368 g/mol. The quantitative estimate of drug-likeness (QED) is 0.655. The first kappa shape index (κ1) is 15.3. The highest BCUT2D eigenvalue weighted by Crippen LogP contribution is 2.42. The number of benzene rings is 3. The fraction of sp³-hybridized carbons (Fsp3) is 0. The Hall–Kier alpha value is -2.59. The number of carbonyl (C=O) groups is 1. The van der Waals surface area contributed by atoms with E-state index in [9.17, 15) is 15.0 Å². The minimum atomic E-state index is -0.275. The molecule has 0 spiro atoms. The number of hydrogen-bond donors (Lipinski definition) is 2. The molecular weight excluding hydrogens is 356 g/mol. The lowest BCUT2D eigenvalue weighted by Crippen LogP contribution is -2.05. The first-order chi connectivity index (χ1) is 11.1. The molecule has 0 radical (unpaired) electrons. The van der Waals surface area contributed by atoms with Crippen molar-refractivity contribution in [3.8, 4) is 22.6 Å². The van der Waals surface area contributed by atoms with Gasteiger partial charge in [0.05, 0.1) is 10.0 Å². The summed E-state index contributed by atoms with van der Waals surface area (Å²) in [5.74, 6) is -0.597. The largest absolute Gasteiger partial charge is 0.507 e. The van der Waals surface area contributed by atoms with Crippen LogP contribution in [-0.4, -0.2) is 16.0 Å². The first-order valence-corrected chi connectivity index (χ1v) is 7.78. The number of phenolic OH excluding ortho intramolecular Hbond substituents is 2. The summed E-state index contributed by atoms with van der Waals surface area (Å²) in [6.07, 6.45) is 0. The highest BCUT2D eigenvalue weighted by atomic mass is 79.9. The van der Waals surface area contributed by atoms with E-state index in [0.717, 1.165) is 0 Å². The number of rotatable bonds is 3. The molecule has 0 saturated heterocycles. The molecule has 2 N–H and O–H groups in total. The summed E-state index contributed by atoms with van der Waals surface area (Å²) in [6.45, 7) is 0. The van der Waals surface area contributed by atoms with Crippen LogP contribution in [0.25, 0.3) is 11.1 Å². The fourth-order valence-electron chi connectivity index (χ4n) is 2.48. The lowest BCUT2D eigenvalue weighted by atomic mass is 9.93. The predicted molar refractivity (Wildman–Crippen MR) is 92.8 cm³/mol. The molecule has 4 heteroatoms. The molecule has 3 nitrogen and oxygen atoms in total. The molecule has 3 aromatic rings. The highest BCUT2D eigenvalue weighted by molar-refractivity contribution is 9.10. The maximum absolute atomic E-state index is 12.9. The molecule has 23 heavy (non-hydrogen) atoms. The van der Waals surface area contributed by atoms with Crippen LogP contribution in [-0.2, 0) is 0 Å². The number of hydrogen-bond acceptors (Lipinski definition) is 3. The first-order valence-electron chi connectivity index (χ1n) is 6.99. The van der Waals surface area contributed by atoms with Crippen molar-refractivity contribution in [1.82, 2.24) is 0 Å². The summed E-state index contributed by atoms with van der Waals surface area (Å²) in [5, 5.41) is 20.3. The van der Waals surface area contributed by atoms with Crippen molar-refractivity contribution < 1.29 is 15.0 Å². The van der Waals surface area contributed by atoms with E-state index in [-0.39, 0.29) is 27.3 Å². The van der Waals surface area contributed by atoms with Crippen molar-refractivity contribution in [2.24, 2.45) is 0 Å². The van der Waals surface area contributed by atoms with Crippen LogP contribution >= 0.6 is 15.9 Å². The maximum Gasteiger partial charge on any atom is 0.195 e. The van der Waals surface area contributed by atoms with E-state index in [1.54, 1.807) is 36.4 Å². The van der Waals surface area contributed by atoms with Gasteiger partial charge >= 0.3 is 0 Å². The molecular formula is C19H13BrO3. The number of aromatic hydroxyl groups is 2. The Labute approximate surface area is 142 Å². The van der Waals surface area contributed by atoms with Gasteiger partial charge in [0.15, 0.2) is 5.78 Å². The molecule has 3 rings (SSSR count). The van der Waals surface area contributed by atoms with Gasteiger partial charge in [0.1, 0.15) is 11.5 Å². The third-order valence-electron chi connectivity index (χ3n) is 3.55. The summed E-state index contributed by atoms with van der Waals surface area (Å²) >= 11 is 3.28. The van der Waals surface area contributed by atoms with Gasteiger partial charge < -0.3 is 10.2 Å². The van der Waals surface area contributed by atoms with Crippen LogP contribution in [0.4, 0.5) is 0 Å². The second kappa shape index (κ2) is 6.26. The van der Waals surface area contributed by atoms with Gasteiger partial charge in [-0.05, 0) is 21.5 Å². The van der Waals surface area contributed by atoms with E-state index in [0.29, 0.717) is 16.7 Å². The van der Waals surface area contributed by atoms with Crippen molar-refractivity contribution in [3.63, 3.8) is 0 Å². The normalized spacial score (nSPS) is 10.5. The van der Waals surface area contributed by atoms with Gasteiger partial charge in [-0.15, -0.1) is 0 Å². The van der Waals surface area contributed by atoms with Gasteiger partial charge in [-0.25, -0.2) is 0 Å². The van der Waals surface area contributed by atoms with Crippen LogP contribution in [0.3, 0.4) is 0 Å². The molecule has 0 unspecified atom stereocenters. The summed E-state index contributed by atoms with van der Waals surface area (Å²) in [4.78, 5) is 12.9. The third kappa shape index (κ3) is 2.85. The predicted octanol–water partition coefficient (Wildman–Crippen LogP) is 4.76. The van der Waals surface area contributed by atoms with Gasteiger partial charge in [0.25, 0.3) is 0 Å².